The molecule has 30 heavy (non-hydrogen) atoms. The molecule has 4 rings (SSSR count). The maximum absolute atomic E-state index is 12.5. The van der Waals surface area contributed by atoms with Crippen molar-refractivity contribution >= 4 is 23.4 Å². The van der Waals surface area contributed by atoms with Crippen molar-refractivity contribution in [3.8, 4) is 17.2 Å². The lowest BCUT2D eigenvalue weighted by atomic mass is 9.81. The number of fused-ring (bicyclic) bond motifs is 1. The van der Waals surface area contributed by atoms with E-state index in [1.165, 1.54) is 0 Å². The number of anilines is 1. The second kappa shape index (κ2) is 8.57. The van der Waals surface area contributed by atoms with Gasteiger partial charge in [-0.05, 0) is 49.2 Å². The molecule has 156 valence electrons. The molecule has 0 radical (unpaired) electrons. The van der Waals surface area contributed by atoms with E-state index in [1.54, 1.807) is 37.4 Å². The van der Waals surface area contributed by atoms with Gasteiger partial charge < -0.3 is 14.8 Å². The van der Waals surface area contributed by atoms with E-state index in [0.29, 0.717) is 22.9 Å². The molecule has 1 saturated carbocycles. The number of carbonyl (C=O) groups excluding carboxylic acids is 3. The van der Waals surface area contributed by atoms with Gasteiger partial charge in [-0.15, -0.1) is 0 Å². The third-order valence-corrected chi connectivity index (χ3v) is 5.65. The summed E-state index contributed by atoms with van der Waals surface area (Å²) in [5, 5.41) is 2.74. The predicted molar refractivity (Wildman–Crippen MR) is 110 cm³/mol. The van der Waals surface area contributed by atoms with Gasteiger partial charge in [-0.2, -0.15) is 0 Å². The number of hydrogen-bond donors (Lipinski definition) is 1. The molecule has 2 unspecified atom stereocenters. The Morgan fingerprint density at radius 2 is 1.60 bits per heavy atom. The average Bonchev–Trinajstić information content (AvgIpc) is 3.00. The molecule has 2 fully saturated rings. The maximum Gasteiger partial charge on any atom is 0.244 e. The molecule has 1 saturated heterocycles. The third-order valence-electron chi connectivity index (χ3n) is 5.65. The number of likely N-dealkylation sites (tertiary alicyclic amines) is 1. The molecule has 0 aromatic heterocycles. The zero-order chi connectivity index (χ0) is 21.1. The first-order valence-corrected chi connectivity index (χ1v) is 10.1. The fourth-order valence-corrected chi connectivity index (χ4v) is 4.14. The van der Waals surface area contributed by atoms with E-state index in [4.69, 9.17) is 9.47 Å². The van der Waals surface area contributed by atoms with Crippen LogP contribution < -0.4 is 14.8 Å². The summed E-state index contributed by atoms with van der Waals surface area (Å²) in [5.41, 5.74) is 0.564. The lowest BCUT2D eigenvalue weighted by Crippen LogP contribution is -2.38. The van der Waals surface area contributed by atoms with Crippen LogP contribution in [0.2, 0.25) is 0 Å². The molecule has 2 aromatic rings. The van der Waals surface area contributed by atoms with Crippen LogP contribution in [-0.2, 0) is 14.4 Å². The molecular formula is C23H24N2O5. The van der Waals surface area contributed by atoms with Crippen molar-refractivity contribution in [2.75, 3.05) is 19.0 Å². The highest BCUT2D eigenvalue weighted by molar-refractivity contribution is 6.08. The smallest absolute Gasteiger partial charge is 0.244 e. The number of benzene rings is 2. The van der Waals surface area contributed by atoms with Crippen molar-refractivity contribution in [3.05, 3.63) is 48.5 Å². The Labute approximate surface area is 175 Å². The van der Waals surface area contributed by atoms with E-state index in [2.05, 4.69) is 5.32 Å². The van der Waals surface area contributed by atoms with Crippen molar-refractivity contribution < 1.29 is 23.9 Å². The molecule has 2 aliphatic rings. The van der Waals surface area contributed by atoms with E-state index in [0.717, 1.165) is 30.6 Å². The summed E-state index contributed by atoms with van der Waals surface area (Å²) in [6, 6.07) is 14.1. The SMILES string of the molecule is COc1cccc(Oc2ccc(NC(=O)CN3C(=O)C4CCCCC4C3=O)cc2)c1. The van der Waals surface area contributed by atoms with E-state index in [9.17, 15) is 14.4 Å². The number of amides is 3. The van der Waals surface area contributed by atoms with Crippen LogP contribution in [0.25, 0.3) is 0 Å². The van der Waals surface area contributed by atoms with Crippen LogP contribution in [-0.4, -0.2) is 36.3 Å². The van der Waals surface area contributed by atoms with Gasteiger partial charge >= 0.3 is 0 Å². The lowest BCUT2D eigenvalue weighted by molar-refractivity contribution is -0.142. The van der Waals surface area contributed by atoms with Crippen LogP contribution in [0.15, 0.2) is 48.5 Å². The maximum atomic E-state index is 12.5. The standard InChI is InChI=1S/C23H24N2O5/c1-29-17-5-4-6-18(13-17)30-16-11-9-15(10-12-16)24-21(26)14-25-22(27)19-7-2-3-8-20(19)23(25)28/h4-6,9-13,19-20H,2-3,7-8,14H2,1H3,(H,24,26). The molecule has 1 N–H and O–H groups in total. The highest BCUT2D eigenvalue weighted by Gasteiger charge is 2.48. The Hall–Kier alpha value is -3.35. The van der Waals surface area contributed by atoms with Crippen molar-refractivity contribution in [1.82, 2.24) is 4.90 Å². The van der Waals surface area contributed by atoms with Gasteiger partial charge in [-0.1, -0.05) is 18.9 Å². The molecule has 7 nitrogen and oxygen atoms in total. The number of nitrogens with zero attached hydrogens (tertiary/aromatic N) is 1. The van der Waals surface area contributed by atoms with Crippen molar-refractivity contribution in [2.24, 2.45) is 11.8 Å². The van der Waals surface area contributed by atoms with Gasteiger partial charge in [0, 0.05) is 11.8 Å². The molecule has 2 aromatic carbocycles. The minimum absolute atomic E-state index is 0.207. The minimum Gasteiger partial charge on any atom is -0.497 e. The predicted octanol–water partition coefficient (Wildman–Crippen LogP) is 3.60. The van der Waals surface area contributed by atoms with E-state index >= 15 is 0 Å². The van der Waals surface area contributed by atoms with Crippen LogP contribution in [0.4, 0.5) is 5.69 Å². The fraction of sp³-hybridized carbons (Fsp3) is 0.348. The summed E-state index contributed by atoms with van der Waals surface area (Å²) in [4.78, 5) is 38.5. The van der Waals surface area contributed by atoms with E-state index in [1.807, 2.05) is 18.2 Å². The third kappa shape index (κ3) is 4.15. The van der Waals surface area contributed by atoms with E-state index in [-0.39, 0.29) is 30.2 Å². The monoisotopic (exact) mass is 408 g/mol. The second-order valence-corrected chi connectivity index (χ2v) is 7.61. The van der Waals surface area contributed by atoms with E-state index < -0.39 is 5.91 Å². The van der Waals surface area contributed by atoms with Crippen LogP contribution >= 0.6 is 0 Å². The first-order valence-electron chi connectivity index (χ1n) is 10.1. The highest BCUT2D eigenvalue weighted by Crippen LogP contribution is 2.37. The molecular weight excluding hydrogens is 384 g/mol. The Morgan fingerprint density at radius 3 is 2.23 bits per heavy atom. The summed E-state index contributed by atoms with van der Waals surface area (Å²) in [6.45, 7) is -0.243. The summed E-state index contributed by atoms with van der Waals surface area (Å²) in [7, 11) is 1.59. The minimum atomic E-state index is -0.392. The normalized spacial score (nSPS) is 20.6. The average molecular weight is 408 g/mol. The van der Waals surface area contributed by atoms with Gasteiger partial charge in [-0.3, -0.25) is 19.3 Å². The topological polar surface area (TPSA) is 84.9 Å². The number of ether oxygens (including phenoxy) is 2. The first kappa shape index (κ1) is 19.9. The molecule has 2 atom stereocenters. The molecule has 0 spiro atoms. The van der Waals surface area contributed by atoms with Gasteiger partial charge in [-0.25, -0.2) is 0 Å². The van der Waals surface area contributed by atoms with Crippen LogP contribution in [0.5, 0.6) is 17.2 Å². The molecule has 1 aliphatic carbocycles. The zero-order valence-corrected chi connectivity index (χ0v) is 16.8. The Bertz CT molecular complexity index is 932. The Balaban J connectivity index is 1.34. The van der Waals surface area contributed by atoms with Gasteiger partial charge in [0.15, 0.2) is 0 Å². The number of carbonyl (C=O) groups is 3. The van der Waals surface area contributed by atoms with Crippen LogP contribution in [0.1, 0.15) is 25.7 Å². The number of rotatable bonds is 6. The fourth-order valence-electron chi connectivity index (χ4n) is 4.14. The highest BCUT2D eigenvalue weighted by atomic mass is 16.5. The second-order valence-electron chi connectivity index (χ2n) is 7.61. The molecule has 1 aliphatic heterocycles. The quantitative estimate of drug-likeness (QED) is 0.738. The summed E-state index contributed by atoms with van der Waals surface area (Å²) < 4.78 is 11.0. The molecule has 0 bridgehead atoms. The summed E-state index contributed by atoms with van der Waals surface area (Å²) in [5.74, 6) is 0.649. The van der Waals surface area contributed by atoms with Gasteiger partial charge in [0.05, 0.1) is 18.9 Å². The number of nitrogens with one attached hydrogen (secondary N) is 1. The summed E-state index contributed by atoms with van der Waals surface area (Å²) >= 11 is 0. The Kier molecular flexibility index (Phi) is 5.70. The zero-order valence-electron chi connectivity index (χ0n) is 16.8. The molecule has 7 heteroatoms. The van der Waals surface area contributed by atoms with Crippen LogP contribution in [0.3, 0.4) is 0 Å². The number of imide groups is 1. The van der Waals surface area contributed by atoms with Crippen molar-refractivity contribution in [1.29, 1.82) is 0 Å². The molecule has 3 amide bonds. The lowest BCUT2D eigenvalue weighted by Gasteiger charge is -2.19. The van der Waals surface area contributed by atoms with Crippen LogP contribution in [0, 0.1) is 11.8 Å². The largest absolute Gasteiger partial charge is 0.497 e. The van der Waals surface area contributed by atoms with Gasteiger partial charge in [0.1, 0.15) is 23.8 Å². The first-order chi connectivity index (χ1) is 14.5. The Morgan fingerprint density at radius 1 is 0.967 bits per heavy atom. The number of hydrogen-bond acceptors (Lipinski definition) is 5. The number of methoxy groups -OCH3 is 1. The van der Waals surface area contributed by atoms with Gasteiger partial charge in [0.2, 0.25) is 17.7 Å². The molecule has 1 heterocycles. The van der Waals surface area contributed by atoms with Crippen molar-refractivity contribution in [3.63, 3.8) is 0 Å². The summed E-state index contributed by atoms with van der Waals surface area (Å²) in [6.07, 6.45) is 3.40. The van der Waals surface area contributed by atoms with Gasteiger partial charge in [0.25, 0.3) is 0 Å². The van der Waals surface area contributed by atoms with Crippen molar-refractivity contribution in [2.45, 2.75) is 25.7 Å².